The molecule has 0 aliphatic carbocycles. The summed E-state index contributed by atoms with van der Waals surface area (Å²) in [5, 5.41) is 3.01. The lowest BCUT2D eigenvalue weighted by Crippen LogP contribution is -2.42. The van der Waals surface area contributed by atoms with Crippen LogP contribution in [0.3, 0.4) is 0 Å². The molecule has 2 aromatic heterocycles. The third kappa shape index (κ3) is 4.98. The summed E-state index contributed by atoms with van der Waals surface area (Å²) >= 11 is 1.53. The van der Waals surface area contributed by atoms with Gasteiger partial charge in [0.2, 0.25) is 0 Å². The Hall–Kier alpha value is -3.45. The Labute approximate surface area is 197 Å². The second kappa shape index (κ2) is 10.0. The molecule has 4 aromatic rings. The number of thiazole rings is 1. The van der Waals surface area contributed by atoms with Crippen molar-refractivity contribution < 1.29 is 9.59 Å². The molecule has 170 valence electrons. The molecule has 33 heavy (non-hydrogen) atoms. The lowest BCUT2D eigenvalue weighted by Gasteiger charge is -2.33. The molecule has 0 aliphatic rings. The number of carbonyl (C=O) groups excluding carboxylic acids is 2. The zero-order chi connectivity index (χ0) is 23.4. The molecule has 0 saturated carbocycles. The van der Waals surface area contributed by atoms with Crippen LogP contribution in [0.4, 0.5) is 0 Å². The summed E-state index contributed by atoms with van der Waals surface area (Å²) < 4.78 is 2.79. The van der Waals surface area contributed by atoms with Gasteiger partial charge in [0.1, 0.15) is 5.69 Å². The van der Waals surface area contributed by atoms with Crippen LogP contribution in [0.5, 0.6) is 0 Å². The number of nitrogens with zero attached hydrogens (tertiary/aromatic N) is 3. The molecule has 2 unspecified atom stereocenters. The lowest BCUT2D eigenvalue weighted by molar-refractivity contribution is 0.0702. The highest BCUT2D eigenvalue weighted by Crippen LogP contribution is 2.27. The quantitative estimate of drug-likeness (QED) is 0.414. The molecule has 0 saturated heterocycles. The van der Waals surface area contributed by atoms with Crippen molar-refractivity contribution in [1.82, 2.24) is 19.8 Å². The Morgan fingerprint density at radius 2 is 1.91 bits per heavy atom. The van der Waals surface area contributed by atoms with Gasteiger partial charge >= 0.3 is 0 Å². The van der Waals surface area contributed by atoms with Crippen molar-refractivity contribution in [3.8, 4) is 0 Å². The van der Waals surface area contributed by atoms with Crippen LogP contribution in [-0.2, 0) is 7.05 Å². The van der Waals surface area contributed by atoms with Crippen LogP contribution in [0.1, 0.15) is 45.7 Å². The van der Waals surface area contributed by atoms with Crippen LogP contribution in [-0.4, -0.2) is 45.9 Å². The average molecular weight is 461 g/mol. The number of carbonyl (C=O) groups is 2. The van der Waals surface area contributed by atoms with Gasteiger partial charge in [0.15, 0.2) is 0 Å². The maximum Gasteiger partial charge on any atom is 0.267 e. The zero-order valence-corrected chi connectivity index (χ0v) is 19.9. The first-order valence-electron chi connectivity index (χ1n) is 11.0. The van der Waals surface area contributed by atoms with E-state index >= 15 is 0 Å². The summed E-state index contributed by atoms with van der Waals surface area (Å²) in [6.07, 6.45) is 2.48. The minimum absolute atomic E-state index is 0.0353. The monoisotopic (exact) mass is 460 g/mol. The largest absolute Gasteiger partial charge is 0.351 e. The van der Waals surface area contributed by atoms with Gasteiger partial charge < -0.3 is 14.8 Å². The summed E-state index contributed by atoms with van der Waals surface area (Å²) in [6.45, 7) is 2.60. The number of rotatable bonds is 8. The minimum Gasteiger partial charge on any atom is -0.351 e. The van der Waals surface area contributed by atoms with Crippen LogP contribution in [0.2, 0.25) is 0 Å². The maximum absolute atomic E-state index is 13.4. The number of likely N-dealkylation sites (N-methyl/N-ethyl adjacent to an activating group) is 1. The van der Waals surface area contributed by atoms with Crippen LogP contribution in [0.25, 0.3) is 10.2 Å². The maximum atomic E-state index is 13.4. The first kappa shape index (κ1) is 22.7. The summed E-state index contributed by atoms with van der Waals surface area (Å²) in [5.41, 5.74) is 5.11. The standard InChI is InChI=1S/C26H28N4O2S/c1-18(19-8-5-4-6-9-19)22(13-14-27-25(31)23-10-7-15-29(23)2)30(3)26(32)20-11-12-21-24(16-20)33-17-28-21/h4-12,15-18,22H,13-14H2,1-3H3,(H,27,31). The molecular weight excluding hydrogens is 432 g/mol. The average Bonchev–Trinajstić information content (AvgIpc) is 3.49. The van der Waals surface area contributed by atoms with Crippen molar-refractivity contribution in [3.63, 3.8) is 0 Å². The molecule has 2 amide bonds. The van der Waals surface area contributed by atoms with Crippen molar-refractivity contribution in [2.45, 2.75) is 25.3 Å². The van der Waals surface area contributed by atoms with E-state index in [0.717, 1.165) is 15.8 Å². The fraction of sp³-hybridized carbons (Fsp3) is 0.269. The molecule has 2 aromatic carbocycles. The van der Waals surface area contributed by atoms with Crippen LogP contribution in [0.15, 0.2) is 72.4 Å². The second-order valence-corrected chi connectivity index (χ2v) is 9.15. The minimum atomic E-state index is -0.113. The number of fused-ring (bicyclic) bond motifs is 1. The van der Waals surface area contributed by atoms with Gasteiger partial charge in [-0.15, -0.1) is 11.3 Å². The zero-order valence-electron chi connectivity index (χ0n) is 19.1. The van der Waals surface area contributed by atoms with Gasteiger partial charge in [-0.1, -0.05) is 37.3 Å². The molecule has 0 fully saturated rings. The first-order chi connectivity index (χ1) is 16.0. The highest BCUT2D eigenvalue weighted by atomic mass is 32.1. The van der Waals surface area contributed by atoms with Crippen molar-refractivity contribution in [3.05, 3.63) is 89.2 Å². The Morgan fingerprint density at radius 3 is 2.64 bits per heavy atom. The Kier molecular flexibility index (Phi) is 6.89. The van der Waals surface area contributed by atoms with Crippen LogP contribution >= 0.6 is 11.3 Å². The van der Waals surface area contributed by atoms with E-state index in [1.807, 2.05) is 67.7 Å². The number of aromatic nitrogens is 2. The van der Waals surface area contributed by atoms with E-state index in [9.17, 15) is 9.59 Å². The van der Waals surface area contributed by atoms with E-state index in [0.29, 0.717) is 24.2 Å². The molecule has 0 spiro atoms. The van der Waals surface area contributed by atoms with Crippen molar-refractivity contribution in [2.24, 2.45) is 7.05 Å². The number of aryl methyl sites for hydroxylation is 1. The van der Waals surface area contributed by atoms with E-state index in [1.54, 1.807) is 16.1 Å². The van der Waals surface area contributed by atoms with Gasteiger partial charge in [-0.3, -0.25) is 9.59 Å². The normalized spacial score (nSPS) is 12.9. The smallest absolute Gasteiger partial charge is 0.267 e. The number of hydrogen-bond donors (Lipinski definition) is 1. The molecule has 0 aliphatic heterocycles. The highest BCUT2D eigenvalue weighted by molar-refractivity contribution is 7.16. The highest BCUT2D eigenvalue weighted by Gasteiger charge is 2.27. The number of amides is 2. The molecule has 1 N–H and O–H groups in total. The van der Waals surface area contributed by atoms with Crippen molar-refractivity contribution >= 4 is 33.4 Å². The van der Waals surface area contributed by atoms with Gasteiger partial charge in [-0.25, -0.2) is 4.98 Å². The van der Waals surface area contributed by atoms with E-state index in [4.69, 9.17) is 0 Å². The molecule has 0 bridgehead atoms. The molecule has 6 nitrogen and oxygen atoms in total. The predicted octanol–water partition coefficient (Wildman–Crippen LogP) is 4.70. The van der Waals surface area contributed by atoms with Crippen LogP contribution in [0, 0.1) is 0 Å². The molecule has 4 rings (SSSR count). The number of nitrogens with one attached hydrogen (secondary N) is 1. The summed E-state index contributed by atoms with van der Waals surface area (Å²) in [4.78, 5) is 32.1. The van der Waals surface area contributed by atoms with E-state index in [-0.39, 0.29) is 23.8 Å². The van der Waals surface area contributed by atoms with Gasteiger partial charge in [-0.2, -0.15) is 0 Å². The molecule has 2 atom stereocenters. The topological polar surface area (TPSA) is 67.2 Å². The Bertz CT molecular complexity index is 1250. The molecule has 7 heteroatoms. The van der Waals surface area contributed by atoms with Gasteiger partial charge in [-0.05, 0) is 42.3 Å². The van der Waals surface area contributed by atoms with Gasteiger partial charge in [0.05, 0.1) is 15.7 Å². The second-order valence-electron chi connectivity index (χ2n) is 8.27. The van der Waals surface area contributed by atoms with E-state index in [2.05, 4.69) is 29.4 Å². The van der Waals surface area contributed by atoms with E-state index in [1.165, 1.54) is 11.3 Å². The van der Waals surface area contributed by atoms with Crippen molar-refractivity contribution in [1.29, 1.82) is 0 Å². The Morgan fingerprint density at radius 1 is 1.12 bits per heavy atom. The first-order valence-corrected chi connectivity index (χ1v) is 11.9. The van der Waals surface area contributed by atoms with Crippen molar-refractivity contribution in [2.75, 3.05) is 13.6 Å². The lowest BCUT2D eigenvalue weighted by atomic mass is 9.90. The Balaban J connectivity index is 1.52. The van der Waals surface area contributed by atoms with E-state index < -0.39 is 0 Å². The third-order valence-corrected chi connectivity index (χ3v) is 6.99. The third-order valence-electron chi connectivity index (χ3n) is 6.20. The molecule has 0 radical (unpaired) electrons. The summed E-state index contributed by atoms with van der Waals surface area (Å²) in [7, 11) is 3.70. The fourth-order valence-electron chi connectivity index (χ4n) is 4.22. The predicted molar refractivity (Wildman–Crippen MR) is 133 cm³/mol. The van der Waals surface area contributed by atoms with Gasteiger partial charge in [0.25, 0.3) is 11.8 Å². The SMILES string of the molecule is CC(c1ccccc1)C(CCNC(=O)c1cccn1C)N(C)C(=O)c1ccc2ncsc2c1. The fourth-order valence-corrected chi connectivity index (χ4v) is 4.94. The summed E-state index contributed by atoms with van der Waals surface area (Å²) in [5.74, 6) is -0.0516. The number of benzene rings is 2. The number of hydrogen-bond acceptors (Lipinski definition) is 4. The molecular formula is C26H28N4O2S. The van der Waals surface area contributed by atoms with Crippen LogP contribution < -0.4 is 5.32 Å². The summed E-state index contributed by atoms with van der Waals surface area (Å²) in [6, 6.07) is 19.4. The molecule has 2 heterocycles. The van der Waals surface area contributed by atoms with Gasteiger partial charge in [0, 0.05) is 44.4 Å².